The SMILES string of the molecule is Cc1cccn2cc(-c3ccc(NC(=O)CC4Sc5ccccc5NC4=O)cc3)nc12. The second kappa shape index (κ2) is 7.92. The second-order valence-corrected chi connectivity index (χ2v) is 8.71. The molecule has 0 fully saturated rings. The predicted molar refractivity (Wildman–Crippen MR) is 123 cm³/mol. The fourth-order valence-corrected chi connectivity index (χ4v) is 4.73. The zero-order chi connectivity index (χ0) is 21.4. The third kappa shape index (κ3) is 3.92. The highest BCUT2D eigenvalue weighted by molar-refractivity contribution is 8.01. The molecule has 2 aromatic heterocycles. The van der Waals surface area contributed by atoms with E-state index in [-0.39, 0.29) is 18.2 Å². The number of amides is 2. The molecule has 0 spiro atoms. The summed E-state index contributed by atoms with van der Waals surface area (Å²) in [6.45, 7) is 2.04. The van der Waals surface area contributed by atoms with E-state index < -0.39 is 5.25 Å². The number of rotatable bonds is 4. The Bertz CT molecular complexity index is 1300. The summed E-state index contributed by atoms with van der Waals surface area (Å²) in [5.74, 6) is -0.334. The Balaban J connectivity index is 1.26. The van der Waals surface area contributed by atoms with Crippen molar-refractivity contribution in [3.63, 3.8) is 0 Å². The zero-order valence-corrected chi connectivity index (χ0v) is 17.6. The number of aryl methyl sites for hydroxylation is 1. The molecule has 0 saturated carbocycles. The number of anilines is 2. The summed E-state index contributed by atoms with van der Waals surface area (Å²) in [6, 6.07) is 19.2. The van der Waals surface area contributed by atoms with E-state index in [0.29, 0.717) is 5.69 Å². The fourth-order valence-electron chi connectivity index (χ4n) is 3.62. The van der Waals surface area contributed by atoms with E-state index in [0.717, 1.165) is 33.1 Å². The Morgan fingerprint density at radius 1 is 1.13 bits per heavy atom. The van der Waals surface area contributed by atoms with Gasteiger partial charge < -0.3 is 15.0 Å². The summed E-state index contributed by atoms with van der Waals surface area (Å²) >= 11 is 1.42. The van der Waals surface area contributed by atoms with Crippen LogP contribution in [0, 0.1) is 6.92 Å². The van der Waals surface area contributed by atoms with Gasteiger partial charge in [0.1, 0.15) is 5.65 Å². The Kier molecular flexibility index (Phi) is 4.95. The van der Waals surface area contributed by atoms with Crippen LogP contribution in [0.5, 0.6) is 0 Å². The lowest BCUT2D eigenvalue weighted by molar-refractivity contribution is -0.120. The number of imidazole rings is 1. The molecule has 5 rings (SSSR count). The zero-order valence-electron chi connectivity index (χ0n) is 16.8. The minimum atomic E-state index is -0.449. The van der Waals surface area contributed by atoms with Crippen molar-refractivity contribution in [2.75, 3.05) is 10.6 Å². The quantitative estimate of drug-likeness (QED) is 0.492. The largest absolute Gasteiger partial charge is 0.326 e. The summed E-state index contributed by atoms with van der Waals surface area (Å²) in [6.07, 6.45) is 4.08. The number of hydrogen-bond donors (Lipinski definition) is 2. The molecule has 0 saturated heterocycles. The van der Waals surface area contributed by atoms with Crippen LogP contribution >= 0.6 is 11.8 Å². The van der Waals surface area contributed by atoms with Gasteiger partial charge in [0.15, 0.2) is 0 Å². The molecular weight excluding hydrogens is 408 g/mol. The van der Waals surface area contributed by atoms with Gasteiger partial charge in [-0.1, -0.05) is 30.3 Å². The second-order valence-electron chi connectivity index (χ2n) is 7.47. The van der Waals surface area contributed by atoms with Crippen molar-refractivity contribution in [2.45, 2.75) is 23.5 Å². The molecule has 1 atom stereocenters. The van der Waals surface area contributed by atoms with Crippen LogP contribution in [0.3, 0.4) is 0 Å². The number of thioether (sulfide) groups is 1. The molecule has 1 aliphatic rings. The van der Waals surface area contributed by atoms with Crippen molar-refractivity contribution in [2.24, 2.45) is 0 Å². The van der Waals surface area contributed by atoms with Crippen molar-refractivity contribution >= 4 is 40.6 Å². The average Bonchev–Trinajstić information content (AvgIpc) is 3.20. The van der Waals surface area contributed by atoms with Crippen molar-refractivity contribution < 1.29 is 9.59 Å². The van der Waals surface area contributed by atoms with E-state index in [9.17, 15) is 9.59 Å². The highest BCUT2D eigenvalue weighted by atomic mass is 32.2. The topological polar surface area (TPSA) is 75.5 Å². The predicted octanol–water partition coefficient (Wildman–Crippen LogP) is 4.75. The number of hydrogen-bond acceptors (Lipinski definition) is 4. The molecule has 154 valence electrons. The molecule has 2 N–H and O–H groups in total. The van der Waals surface area contributed by atoms with Crippen LogP contribution in [-0.4, -0.2) is 26.4 Å². The van der Waals surface area contributed by atoms with Crippen LogP contribution in [0.15, 0.2) is 78.0 Å². The first-order valence-electron chi connectivity index (χ1n) is 9.98. The lowest BCUT2D eigenvalue weighted by atomic mass is 10.1. The van der Waals surface area contributed by atoms with E-state index in [1.807, 2.05) is 84.4 Å². The first-order valence-corrected chi connectivity index (χ1v) is 10.9. The van der Waals surface area contributed by atoms with Crippen molar-refractivity contribution in [3.8, 4) is 11.3 Å². The summed E-state index contributed by atoms with van der Waals surface area (Å²) in [5, 5.41) is 5.31. The molecule has 1 unspecified atom stereocenters. The van der Waals surface area contributed by atoms with Crippen LogP contribution in [0.4, 0.5) is 11.4 Å². The molecule has 2 amide bonds. The standard InChI is InChI=1S/C24H20N4O2S/c1-15-5-4-12-28-14-19(26-23(15)28)16-8-10-17(11-9-16)25-22(29)13-21-24(30)27-18-6-2-3-7-20(18)31-21/h2-12,14,21H,13H2,1H3,(H,25,29)(H,27,30). The lowest BCUT2D eigenvalue weighted by Gasteiger charge is -2.23. The van der Waals surface area contributed by atoms with Crippen LogP contribution in [0.2, 0.25) is 0 Å². The highest BCUT2D eigenvalue weighted by Crippen LogP contribution is 2.36. The molecule has 4 aromatic rings. The number of fused-ring (bicyclic) bond motifs is 2. The van der Waals surface area contributed by atoms with Gasteiger partial charge >= 0.3 is 0 Å². The van der Waals surface area contributed by atoms with Crippen LogP contribution in [0.25, 0.3) is 16.9 Å². The molecule has 0 aliphatic carbocycles. The number of benzene rings is 2. The smallest absolute Gasteiger partial charge is 0.238 e. The van der Waals surface area contributed by atoms with Gasteiger partial charge in [-0.25, -0.2) is 4.98 Å². The van der Waals surface area contributed by atoms with Gasteiger partial charge in [0.05, 0.1) is 16.6 Å². The van der Waals surface area contributed by atoms with Crippen molar-refractivity contribution in [3.05, 3.63) is 78.6 Å². The first kappa shape index (κ1) is 19.4. The Hall–Kier alpha value is -3.58. The van der Waals surface area contributed by atoms with Crippen molar-refractivity contribution in [1.29, 1.82) is 0 Å². The molecule has 0 bridgehead atoms. The Labute approximate surface area is 183 Å². The van der Waals surface area contributed by atoms with E-state index in [4.69, 9.17) is 4.98 Å². The molecule has 31 heavy (non-hydrogen) atoms. The number of nitrogens with zero attached hydrogens (tertiary/aromatic N) is 2. The normalized spacial score (nSPS) is 15.4. The molecule has 0 radical (unpaired) electrons. The Morgan fingerprint density at radius 2 is 1.94 bits per heavy atom. The van der Waals surface area contributed by atoms with Gasteiger partial charge in [0.2, 0.25) is 11.8 Å². The van der Waals surface area contributed by atoms with Gasteiger partial charge in [0, 0.05) is 35.0 Å². The van der Waals surface area contributed by atoms with Gasteiger partial charge in [-0.3, -0.25) is 9.59 Å². The summed E-state index contributed by atoms with van der Waals surface area (Å²) in [4.78, 5) is 30.5. The van der Waals surface area contributed by atoms with Gasteiger partial charge in [-0.15, -0.1) is 11.8 Å². The monoisotopic (exact) mass is 428 g/mol. The maximum Gasteiger partial charge on any atom is 0.238 e. The third-order valence-corrected chi connectivity index (χ3v) is 6.49. The van der Waals surface area contributed by atoms with E-state index in [1.54, 1.807) is 0 Å². The number of carbonyl (C=O) groups excluding carboxylic acids is 2. The average molecular weight is 429 g/mol. The van der Waals surface area contributed by atoms with Crippen molar-refractivity contribution in [1.82, 2.24) is 9.38 Å². The summed E-state index contributed by atoms with van der Waals surface area (Å²) in [5.41, 5.74) is 5.38. The third-order valence-electron chi connectivity index (χ3n) is 5.22. The number of nitrogens with one attached hydrogen (secondary N) is 2. The molecule has 7 heteroatoms. The first-order chi connectivity index (χ1) is 15.1. The minimum absolute atomic E-state index is 0.109. The van der Waals surface area contributed by atoms with Crippen LogP contribution in [0.1, 0.15) is 12.0 Å². The van der Waals surface area contributed by atoms with E-state index in [2.05, 4.69) is 10.6 Å². The minimum Gasteiger partial charge on any atom is -0.326 e. The molecule has 6 nitrogen and oxygen atoms in total. The Morgan fingerprint density at radius 3 is 2.74 bits per heavy atom. The summed E-state index contributed by atoms with van der Waals surface area (Å²) in [7, 11) is 0. The molecule has 1 aliphatic heterocycles. The van der Waals surface area contributed by atoms with E-state index in [1.165, 1.54) is 11.8 Å². The molecule has 3 heterocycles. The van der Waals surface area contributed by atoms with Gasteiger partial charge in [-0.05, 0) is 42.8 Å². The fraction of sp³-hybridized carbons (Fsp3) is 0.125. The maximum atomic E-state index is 12.5. The summed E-state index contributed by atoms with van der Waals surface area (Å²) < 4.78 is 2.01. The molecule has 2 aromatic carbocycles. The van der Waals surface area contributed by atoms with Crippen LogP contribution < -0.4 is 10.6 Å². The van der Waals surface area contributed by atoms with E-state index >= 15 is 0 Å². The number of aromatic nitrogens is 2. The number of pyridine rings is 1. The number of carbonyl (C=O) groups is 2. The highest BCUT2D eigenvalue weighted by Gasteiger charge is 2.28. The maximum absolute atomic E-state index is 12.5. The van der Waals surface area contributed by atoms with Gasteiger partial charge in [0.25, 0.3) is 0 Å². The number of para-hydroxylation sites is 1. The van der Waals surface area contributed by atoms with Crippen LogP contribution in [-0.2, 0) is 9.59 Å². The molecular formula is C24H20N4O2S. The van der Waals surface area contributed by atoms with Gasteiger partial charge in [-0.2, -0.15) is 0 Å². The lowest BCUT2D eigenvalue weighted by Crippen LogP contribution is -2.32.